The van der Waals surface area contributed by atoms with Crippen molar-refractivity contribution < 1.29 is 10.2 Å². The topological polar surface area (TPSA) is 66.5 Å². The average molecular weight is 168 g/mol. The molecule has 0 aliphatic heterocycles. The molecule has 0 aromatic carbocycles. The van der Waals surface area contributed by atoms with E-state index in [-0.39, 0.29) is 6.42 Å². The molecule has 3 unspecified atom stereocenters. The lowest BCUT2D eigenvalue weighted by Crippen LogP contribution is -2.46. The van der Waals surface area contributed by atoms with Crippen molar-refractivity contribution in [3.05, 3.63) is 0 Å². The van der Waals surface area contributed by atoms with Gasteiger partial charge >= 0.3 is 0 Å². The number of hydrogen-bond donors (Lipinski definition) is 3. The van der Waals surface area contributed by atoms with Crippen LogP contribution in [0.4, 0.5) is 0 Å². The summed E-state index contributed by atoms with van der Waals surface area (Å²) in [6, 6.07) is 0. The Morgan fingerprint density at radius 3 is 2.00 bits per heavy atom. The summed E-state index contributed by atoms with van der Waals surface area (Å²) in [5.41, 5.74) is 5.42. The third-order valence-electron chi connectivity index (χ3n) is 1.30. The van der Waals surface area contributed by atoms with Gasteiger partial charge in [0.2, 0.25) is 0 Å². The maximum Gasteiger partial charge on any atom is 0.119 e. The van der Waals surface area contributed by atoms with Crippen molar-refractivity contribution in [1.29, 1.82) is 0 Å². The Hall–Kier alpha value is 0.170. The van der Waals surface area contributed by atoms with Crippen LogP contribution < -0.4 is 5.73 Å². The lowest BCUT2D eigenvalue weighted by molar-refractivity contribution is 0.0967. The van der Waals surface area contributed by atoms with Gasteiger partial charge < -0.3 is 15.9 Å². The minimum Gasteiger partial charge on any atom is -0.393 e. The lowest BCUT2D eigenvalue weighted by atomic mass is 10.1. The van der Waals surface area contributed by atoms with Crippen LogP contribution in [0.25, 0.3) is 0 Å². The maximum absolute atomic E-state index is 8.96. The fourth-order valence-corrected chi connectivity index (χ4v) is 0.847. The fourth-order valence-electron chi connectivity index (χ4n) is 0.623. The zero-order valence-corrected chi connectivity index (χ0v) is 6.97. The monoisotopic (exact) mass is 167 g/mol. The number of aliphatic hydroxyl groups excluding tert-OH is 2. The van der Waals surface area contributed by atoms with Crippen molar-refractivity contribution in [2.75, 3.05) is 0 Å². The summed E-state index contributed by atoms with van der Waals surface area (Å²) in [6.07, 6.45) is -1.22. The Balaban J connectivity index is 3.87. The molecule has 0 saturated carbocycles. The summed E-state index contributed by atoms with van der Waals surface area (Å²) >= 11 is 5.63. The molecule has 0 spiro atoms. The molecule has 3 nitrogen and oxygen atoms in total. The second-order valence-corrected chi connectivity index (χ2v) is 3.36. The van der Waals surface area contributed by atoms with Crippen molar-refractivity contribution >= 4 is 11.6 Å². The molecule has 0 rings (SSSR count). The number of halogens is 1. The highest BCUT2D eigenvalue weighted by Gasteiger charge is 2.29. The molecule has 0 radical (unpaired) electrons. The first kappa shape index (κ1) is 10.2. The second kappa shape index (κ2) is 3.53. The number of aliphatic hydroxyl groups is 2. The van der Waals surface area contributed by atoms with Crippen LogP contribution in [0.1, 0.15) is 20.3 Å². The minimum atomic E-state index is -1.20. The van der Waals surface area contributed by atoms with Crippen LogP contribution in [0.5, 0.6) is 0 Å². The van der Waals surface area contributed by atoms with Crippen molar-refractivity contribution in [3.63, 3.8) is 0 Å². The molecule has 0 saturated heterocycles. The molecule has 0 aliphatic carbocycles. The fraction of sp³-hybridized carbons (Fsp3) is 1.00. The van der Waals surface area contributed by atoms with Crippen molar-refractivity contribution in [3.8, 4) is 0 Å². The summed E-state index contributed by atoms with van der Waals surface area (Å²) in [4.78, 5) is -1.20. The van der Waals surface area contributed by atoms with E-state index in [1.54, 1.807) is 6.92 Å². The van der Waals surface area contributed by atoms with Crippen molar-refractivity contribution in [2.45, 2.75) is 37.5 Å². The lowest BCUT2D eigenvalue weighted by Gasteiger charge is -2.26. The summed E-state index contributed by atoms with van der Waals surface area (Å²) in [6.45, 7) is 3.07. The van der Waals surface area contributed by atoms with Crippen LogP contribution in [0.3, 0.4) is 0 Å². The van der Waals surface area contributed by atoms with E-state index in [4.69, 9.17) is 27.5 Å². The number of rotatable bonds is 3. The Bertz CT molecular complexity index is 104. The normalized spacial score (nSPS) is 23.4. The minimum absolute atomic E-state index is 0.187. The Kier molecular flexibility index (Phi) is 3.59. The molecule has 0 heterocycles. The second-order valence-electron chi connectivity index (χ2n) is 2.66. The van der Waals surface area contributed by atoms with Gasteiger partial charge in [-0.25, -0.2) is 0 Å². The Morgan fingerprint density at radius 1 is 1.50 bits per heavy atom. The quantitative estimate of drug-likeness (QED) is 0.411. The van der Waals surface area contributed by atoms with Crippen LogP contribution in [-0.2, 0) is 0 Å². The highest BCUT2D eigenvalue weighted by atomic mass is 35.5. The van der Waals surface area contributed by atoms with Crippen LogP contribution in [0.15, 0.2) is 0 Å². The zero-order valence-electron chi connectivity index (χ0n) is 6.21. The first-order valence-electron chi connectivity index (χ1n) is 3.20. The van der Waals surface area contributed by atoms with Gasteiger partial charge in [0.15, 0.2) is 0 Å². The van der Waals surface area contributed by atoms with E-state index in [1.807, 2.05) is 0 Å². The van der Waals surface area contributed by atoms with E-state index in [0.717, 1.165) is 0 Å². The summed E-state index contributed by atoms with van der Waals surface area (Å²) in [5.74, 6) is 0. The van der Waals surface area contributed by atoms with Crippen LogP contribution in [-0.4, -0.2) is 27.4 Å². The highest BCUT2D eigenvalue weighted by Crippen LogP contribution is 2.19. The van der Waals surface area contributed by atoms with E-state index in [0.29, 0.717) is 0 Å². The van der Waals surface area contributed by atoms with Gasteiger partial charge in [0.1, 0.15) is 5.00 Å². The maximum atomic E-state index is 8.96. The van der Waals surface area contributed by atoms with Gasteiger partial charge in [-0.3, -0.25) is 0 Å². The molecule has 0 amide bonds. The highest BCUT2D eigenvalue weighted by molar-refractivity contribution is 6.23. The molecule has 4 N–H and O–H groups in total. The SMILES string of the molecule is CC(O)CC(N)(Cl)C(C)O. The average Bonchev–Trinajstić information content (AvgIpc) is 1.60. The van der Waals surface area contributed by atoms with E-state index in [9.17, 15) is 0 Å². The molecule has 3 atom stereocenters. The van der Waals surface area contributed by atoms with E-state index in [1.165, 1.54) is 6.92 Å². The summed E-state index contributed by atoms with van der Waals surface area (Å²) in [7, 11) is 0. The van der Waals surface area contributed by atoms with Crippen LogP contribution in [0, 0.1) is 0 Å². The standard InChI is InChI=1S/C6H14ClNO2/c1-4(9)3-6(7,8)5(2)10/h4-5,9-10H,3,8H2,1-2H3. The van der Waals surface area contributed by atoms with Gasteiger partial charge in [0.05, 0.1) is 12.2 Å². The van der Waals surface area contributed by atoms with Crippen molar-refractivity contribution in [1.82, 2.24) is 0 Å². The molecule has 62 valence electrons. The number of alkyl halides is 1. The van der Waals surface area contributed by atoms with E-state index >= 15 is 0 Å². The van der Waals surface area contributed by atoms with Gasteiger partial charge in [-0.15, -0.1) is 0 Å². The van der Waals surface area contributed by atoms with Crippen LogP contribution >= 0.6 is 11.6 Å². The van der Waals surface area contributed by atoms with Gasteiger partial charge in [-0.2, -0.15) is 0 Å². The van der Waals surface area contributed by atoms with E-state index in [2.05, 4.69) is 0 Å². The first-order chi connectivity index (χ1) is 4.36. The third-order valence-corrected chi connectivity index (χ3v) is 1.77. The van der Waals surface area contributed by atoms with Gasteiger partial charge in [0, 0.05) is 6.42 Å². The van der Waals surface area contributed by atoms with Crippen molar-refractivity contribution in [2.24, 2.45) is 5.73 Å². The van der Waals surface area contributed by atoms with Gasteiger partial charge in [0.25, 0.3) is 0 Å². The zero-order chi connectivity index (χ0) is 8.36. The molecule has 10 heavy (non-hydrogen) atoms. The predicted molar refractivity (Wildman–Crippen MR) is 40.8 cm³/mol. The Morgan fingerprint density at radius 2 is 1.90 bits per heavy atom. The van der Waals surface area contributed by atoms with Gasteiger partial charge in [-0.05, 0) is 13.8 Å². The first-order valence-corrected chi connectivity index (χ1v) is 3.58. The smallest absolute Gasteiger partial charge is 0.119 e. The molecule has 4 heteroatoms. The number of hydrogen-bond acceptors (Lipinski definition) is 3. The summed E-state index contributed by atoms with van der Waals surface area (Å²) in [5, 5.41) is 17.8. The Labute approximate surface area is 65.8 Å². The largest absolute Gasteiger partial charge is 0.393 e. The predicted octanol–water partition coefficient (Wildman–Crippen LogP) is 0.0319. The molecule has 0 aliphatic rings. The van der Waals surface area contributed by atoms with Gasteiger partial charge in [-0.1, -0.05) is 11.6 Å². The van der Waals surface area contributed by atoms with E-state index < -0.39 is 17.2 Å². The third kappa shape index (κ3) is 3.37. The molecule has 0 aromatic heterocycles. The van der Waals surface area contributed by atoms with Crippen LogP contribution in [0.2, 0.25) is 0 Å². The molecule has 0 aromatic rings. The number of nitrogens with two attached hydrogens (primary N) is 1. The molecular weight excluding hydrogens is 154 g/mol. The molecular formula is C6H14ClNO2. The summed E-state index contributed by atoms with van der Waals surface area (Å²) < 4.78 is 0. The molecule has 0 bridgehead atoms. The molecule has 0 fully saturated rings.